The van der Waals surface area contributed by atoms with E-state index in [2.05, 4.69) is 39.9 Å². The highest BCUT2D eigenvalue weighted by molar-refractivity contribution is 5.87. The van der Waals surface area contributed by atoms with Crippen molar-refractivity contribution >= 4 is 22.3 Å². The van der Waals surface area contributed by atoms with Crippen LogP contribution < -0.4 is 10.6 Å². The van der Waals surface area contributed by atoms with Crippen LogP contribution in [-0.2, 0) is 6.54 Å². The number of fused-ring (bicyclic) bond motifs is 1. The van der Waals surface area contributed by atoms with Crippen LogP contribution in [-0.4, -0.2) is 12.0 Å². The topological polar surface area (TPSA) is 63.6 Å². The Labute approximate surface area is 129 Å². The van der Waals surface area contributed by atoms with E-state index in [0.717, 1.165) is 29.0 Å². The third kappa shape index (κ3) is 2.67. The van der Waals surface area contributed by atoms with Crippen molar-refractivity contribution in [3.05, 3.63) is 59.3 Å². The molecular formula is C18H18N4. The Morgan fingerprint density at radius 1 is 1.18 bits per heavy atom. The fourth-order valence-corrected chi connectivity index (χ4v) is 2.63. The molecule has 0 atom stereocenters. The van der Waals surface area contributed by atoms with Crippen molar-refractivity contribution in [2.75, 3.05) is 12.4 Å². The average molecular weight is 290 g/mol. The van der Waals surface area contributed by atoms with Gasteiger partial charge < -0.3 is 15.6 Å². The number of aromatic amines is 1. The fourth-order valence-electron chi connectivity index (χ4n) is 2.63. The Hall–Kier alpha value is -2.77. The molecule has 110 valence electrons. The zero-order chi connectivity index (χ0) is 15.5. The quantitative estimate of drug-likeness (QED) is 0.684. The molecule has 3 rings (SSSR count). The summed E-state index contributed by atoms with van der Waals surface area (Å²) >= 11 is 0. The molecule has 0 aliphatic heterocycles. The van der Waals surface area contributed by atoms with Gasteiger partial charge in [-0.3, -0.25) is 0 Å². The molecule has 0 fully saturated rings. The molecule has 1 aromatic heterocycles. The summed E-state index contributed by atoms with van der Waals surface area (Å²) in [7, 11) is 1.95. The lowest BCUT2D eigenvalue weighted by Gasteiger charge is -2.10. The van der Waals surface area contributed by atoms with Gasteiger partial charge in [-0.05, 0) is 55.4 Å². The molecule has 4 heteroatoms. The molecule has 0 saturated heterocycles. The predicted molar refractivity (Wildman–Crippen MR) is 90.2 cm³/mol. The minimum absolute atomic E-state index is 0.680. The van der Waals surface area contributed by atoms with Gasteiger partial charge in [0, 0.05) is 35.0 Å². The minimum Gasteiger partial charge on any atom is -0.361 e. The normalized spacial score (nSPS) is 10.6. The van der Waals surface area contributed by atoms with E-state index in [4.69, 9.17) is 5.26 Å². The van der Waals surface area contributed by atoms with Crippen LogP contribution in [0.5, 0.6) is 0 Å². The van der Waals surface area contributed by atoms with Gasteiger partial charge in [0.05, 0.1) is 11.6 Å². The first-order valence-electron chi connectivity index (χ1n) is 7.23. The van der Waals surface area contributed by atoms with Crippen molar-refractivity contribution in [2.24, 2.45) is 0 Å². The van der Waals surface area contributed by atoms with E-state index in [0.29, 0.717) is 5.56 Å². The number of aryl methyl sites for hydroxylation is 1. The Morgan fingerprint density at radius 3 is 2.77 bits per heavy atom. The SMILES string of the molecule is CNCc1c[nH]c2cc(Nc3ccc(C#N)cc3C)ccc12. The predicted octanol–water partition coefficient (Wildman–Crippen LogP) is 3.81. The highest BCUT2D eigenvalue weighted by Crippen LogP contribution is 2.26. The first kappa shape index (κ1) is 14.2. The van der Waals surface area contributed by atoms with Crippen LogP contribution in [0.4, 0.5) is 11.4 Å². The van der Waals surface area contributed by atoms with Gasteiger partial charge in [0.25, 0.3) is 0 Å². The molecule has 3 N–H and O–H groups in total. The summed E-state index contributed by atoms with van der Waals surface area (Å²) in [4.78, 5) is 3.31. The van der Waals surface area contributed by atoms with E-state index >= 15 is 0 Å². The molecule has 4 nitrogen and oxygen atoms in total. The largest absolute Gasteiger partial charge is 0.361 e. The third-order valence-electron chi connectivity index (χ3n) is 3.77. The van der Waals surface area contributed by atoms with Gasteiger partial charge in [-0.15, -0.1) is 0 Å². The van der Waals surface area contributed by atoms with Crippen LogP contribution in [0.1, 0.15) is 16.7 Å². The third-order valence-corrected chi connectivity index (χ3v) is 3.77. The molecule has 0 spiro atoms. The Bertz CT molecular complexity index is 855. The number of anilines is 2. The first-order valence-corrected chi connectivity index (χ1v) is 7.23. The number of aromatic nitrogens is 1. The van der Waals surface area contributed by atoms with Crippen molar-refractivity contribution in [3.63, 3.8) is 0 Å². The van der Waals surface area contributed by atoms with Crippen molar-refractivity contribution < 1.29 is 0 Å². The molecule has 3 aromatic rings. The van der Waals surface area contributed by atoms with E-state index in [1.807, 2.05) is 38.4 Å². The monoisotopic (exact) mass is 290 g/mol. The van der Waals surface area contributed by atoms with E-state index in [1.165, 1.54) is 10.9 Å². The van der Waals surface area contributed by atoms with Gasteiger partial charge in [-0.1, -0.05) is 6.07 Å². The lowest BCUT2D eigenvalue weighted by molar-refractivity contribution is 0.823. The average Bonchev–Trinajstić information content (AvgIpc) is 2.92. The number of rotatable bonds is 4. The minimum atomic E-state index is 0.680. The summed E-state index contributed by atoms with van der Waals surface area (Å²) in [5.74, 6) is 0. The molecule has 0 aliphatic rings. The van der Waals surface area contributed by atoms with Crippen molar-refractivity contribution in [1.29, 1.82) is 5.26 Å². The standard InChI is InChI=1S/C18H18N4/c1-12-7-13(9-19)3-6-17(12)22-15-4-5-16-14(10-20-2)11-21-18(16)8-15/h3-8,11,20-22H,10H2,1-2H3. The zero-order valence-electron chi connectivity index (χ0n) is 12.7. The summed E-state index contributed by atoms with van der Waals surface area (Å²) in [6.07, 6.45) is 2.04. The second-order valence-electron chi connectivity index (χ2n) is 5.37. The number of nitriles is 1. The number of benzene rings is 2. The number of nitrogens with one attached hydrogen (secondary N) is 3. The van der Waals surface area contributed by atoms with Gasteiger partial charge in [0.2, 0.25) is 0 Å². The Kier molecular flexibility index (Phi) is 3.82. The second kappa shape index (κ2) is 5.92. The summed E-state index contributed by atoms with van der Waals surface area (Å²) in [5, 5.41) is 16.7. The van der Waals surface area contributed by atoms with Crippen LogP contribution in [0.15, 0.2) is 42.6 Å². The number of H-pyrrole nitrogens is 1. The van der Waals surface area contributed by atoms with Gasteiger partial charge in [0.15, 0.2) is 0 Å². The van der Waals surface area contributed by atoms with Crippen LogP contribution in [0.2, 0.25) is 0 Å². The maximum absolute atomic E-state index is 8.93. The molecule has 1 heterocycles. The van der Waals surface area contributed by atoms with E-state index in [1.54, 1.807) is 0 Å². The van der Waals surface area contributed by atoms with Crippen LogP contribution in [0.25, 0.3) is 10.9 Å². The highest BCUT2D eigenvalue weighted by Gasteiger charge is 2.05. The molecule has 0 radical (unpaired) electrons. The molecule has 0 unspecified atom stereocenters. The molecule has 2 aromatic carbocycles. The van der Waals surface area contributed by atoms with Crippen LogP contribution >= 0.6 is 0 Å². The lowest BCUT2D eigenvalue weighted by Crippen LogP contribution is -2.03. The smallest absolute Gasteiger partial charge is 0.0991 e. The molecule has 22 heavy (non-hydrogen) atoms. The Balaban J connectivity index is 1.90. The molecule has 0 bridgehead atoms. The van der Waals surface area contributed by atoms with Crippen LogP contribution in [0.3, 0.4) is 0 Å². The number of hydrogen-bond acceptors (Lipinski definition) is 3. The zero-order valence-corrected chi connectivity index (χ0v) is 12.7. The van der Waals surface area contributed by atoms with Crippen molar-refractivity contribution in [2.45, 2.75) is 13.5 Å². The van der Waals surface area contributed by atoms with Gasteiger partial charge >= 0.3 is 0 Å². The molecular weight excluding hydrogens is 272 g/mol. The fraction of sp³-hybridized carbons (Fsp3) is 0.167. The summed E-state index contributed by atoms with van der Waals surface area (Å²) in [5.41, 5.74) is 6.15. The number of hydrogen-bond donors (Lipinski definition) is 3. The van der Waals surface area contributed by atoms with Gasteiger partial charge in [-0.2, -0.15) is 5.26 Å². The van der Waals surface area contributed by atoms with Crippen LogP contribution in [0, 0.1) is 18.3 Å². The molecule has 0 saturated carbocycles. The molecule has 0 aliphatic carbocycles. The number of nitrogens with zero attached hydrogens (tertiary/aromatic N) is 1. The highest BCUT2D eigenvalue weighted by atomic mass is 14.9. The van der Waals surface area contributed by atoms with E-state index < -0.39 is 0 Å². The van der Waals surface area contributed by atoms with E-state index in [9.17, 15) is 0 Å². The first-order chi connectivity index (χ1) is 10.7. The second-order valence-corrected chi connectivity index (χ2v) is 5.37. The maximum Gasteiger partial charge on any atom is 0.0991 e. The van der Waals surface area contributed by atoms with E-state index in [-0.39, 0.29) is 0 Å². The van der Waals surface area contributed by atoms with Gasteiger partial charge in [0.1, 0.15) is 0 Å². The Morgan fingerprint density at radius 2 is 2.05 bits per heavy atom. The van der Waals surface area contributed by atoms with Crippen molar-refractivity contribution in [1.82, 2.24) is 10.3 Å². The summed E-state index contributed by atoms with van der Waals surface area (Å²) in [6, 6.07) is 14.1. The summed E-state index contributed by atoms with van der Waals surface area (Å²) in [6.45, 7) is 2.85. The van der Waals surface area contributed by atoms with Crippen molar-refractivity contribution in [3.8, 4) is 6.07 Å². The lowest BCUT2D eigenvalue weighted by atomic mass is 10.1. The summed E-state index contributed by atoms with van der Waals surface area (Å²) < 4.78 is 0. The van der Waals surface area contributed by atoms with Gasteiger partial charge in [-0.25, -0.2) is 0 Å². The maximum atomic E-state index is 8.93. The molecule has 0 amide bonds.